The van der Waals surface area contributed by atoms with Gasteiger partial charge < -0.3 is 30.2 Å². The van der Waals surface area contributed by atoms with E-state index >= 15 is 0 Å². The summed E-state index contributed by atoms with van der Waals surface area (Å²) in [6, 6.07) is 10.4. The second-order valence-electron chi connectivity index (χ2n) is 11.4. The SMILES string of the molecule is CC(=O)OCC(=O)N(CC[C@H](N)C(=O)O)[C@@H](c1nc(-c2cc(F)ccc2F)cn1Cc1ccccc1)C(C)(C)C.O=C(O)C(F)(F)F. The number of amides is 1. The summed E-state index contributed by atoms with van der Waals surface area (Å²) in [5, 5.41) is 16.5. The number of aromatic nitrogens is 2. The van der Waals surface area contributed by atoms with Crippen LogP contribution in [0, 0.1) is 17.0 Å². The van der Waals surface area contributed by atoms with Crippen LogP contribution in [-0.2, 0) is 30.5 Å². The van der Waals surface area contributed by atoms with Gasteiger partial charge >= 0.3 is 24.1 Å². The average Bonchev–Trinajstić information content (AvgIpc) is 3.36. The fraction of sp³-hybridized carbons (Fsp3) is 0.387. The minimum absolute atomic E-state index is 0.0496. The van der Waals surface area contributed by atoms with Crippen molar-refractivity contribution in [3.63, 3.8) is 0 Å². The third kappa shape index (κ3) is 11.5. The molecule has 16 heteroatoms. The van der Waals surface area contributed by atoms with Crippen LogP contribution in [0.25, 0.3) is 11.3 Å². The van der Waals surface area contributed by atoms with Crippen molar-refractivity contribution < 1.29 is 56.1 Å². The second-order valence-corrected chi connectivity index (χ2v) is 11.4. The van der Waals surface area contributed by atoms with Crippen molar-refractivity contribution in [1.82, 2.24) is 14.5 Å². The summed E-state index contributed by atoms with van der Waals surface area (Å²) < 4.78 is 67.4. The zero-order valence-corrected chi connectivity index (χ0v) is 25.9. The molecule has 0 unspecified atom stereocenters. The number of halogens is 5. The minimum Gasteiger partial charge on any atom is -0.480 e. The highest BCUT2D eigenvalue weighted by Gasteiger charge is 2.39. The minimum atomic E-state index is -5.08. The largest absolute Gasteiger partial charge is 0.490 e. The van der Waals surface area contributed by atoms with E-state index in [9.17, 15) is 41.4 Å². The quantitative estimate of drug-likeness (QED) is 0.192. The first kappa shape index (κ1) is 38.3. The third-order valence-electron chi connectivity index (χ3n) is 6.54. The number of aliphatic carboxylic acids is 2. The van der Waals surface area contributed by atoms with Crippen molar-refractivity contribution in [2.24, 2.45) is 11.1 Å². The molecule has 0 aliphatic carbocycles. The fourth-order valence-corrected chi connectivity index (χ4v) is 4.42. The van der Waals surface area contributed by atoms with Crippen LogP contribution in [0.2, 0.25) is 0 Å². The van der Waals surface area contributed by atoms with Crippen LogP contribution in [-0.4, -0.2) is 73.8 Å². The highest BCUT2D eigenvalue weighted by atomic mass is 19.4. The Hall–Kier alpha value is -4.86. The molecule has 1 amide bonds. The number of hydrogen-bond donors (Lipinski definition) is 3. The molecule has 0 spiro atoms. The van der Waals surface area contributed by atoms with Gasteiger partial charge in [-0.25, -0.2) is 18.6 Å². The Labute approximate surface area is 266 Å². The van der Waals surface area contributed by atoms with E-state index in [0.717, 1.165) is 23.8 Å². The van der Waals surface area contributed by atoms with Crippen LogP contribution in [0.1, 0.15) is 51.5 Å². The molecule has 1 heterocycles. The van der Waals surface area contributed by atoms with Gasteiger partial charge in [0.1, 0.15) is 23.5 Å². The fourth-order valence-electron chi connectivity index (χ4n) is 4.42. The van der Waals surface area contributed by atoms with E-state index in [1.165, 1.54) is 11.8 Å². The standard InChI is InChI=1S/C29H34F2N4O5.C2HF3O2/c1-18(36)40-17-25(37)35(13-12-23(32)28(38)39)26(29(2,3)4)27-33-24(21-14-20(30)10-11-22(21)31)16-34(27)15-19-8-6-5-7-9-19;3-2(4,5)1(6)7/h5-11,14,16,23,26H,12-13,15,17,32H2,1-4H3,(H,38,39);(H,6,7)/t23-,26-;/m0./s1. The summed E-state index contributed by atoms with van der Waals surface area (Å²) in [7, 11) is 0. The van der Waals surface area contributed by atoms with Crippen LogP contribution in [0.15, 0.2) is 54.7 Å². The first-order valence-corrected chi connectivity index (χ1v) is 14.0. The number of rotatable bonds is 11. The van der Waals surface area contributed by atoms with E-state index in [-0.39, 0.29) is 24.2 Å². The van der Waals surface area contributed by atoms with Crippen LogP contribution >= 0.6 is 0 Å². The van der Waals surface area contributed by atoms with Crippen molar-refractivity contribution in [2.45, 2.75) is 58.9 Å². The molecule has 0 bridgehead atoms. The molecular formula is C31H35F5N4O7. The number of imidazole rings is 1. The number of benzene rings is 2. The van der Waals surface area contributed by atoms with E-state index in [4.69, 9.17) is 25.4 Å². The van der Waals surface area contributed by atoms with Gasteiger partial charge in [-0.15, -0.1) is 0 Å². The van der Waals surface area contributed by atoms with Crippen LogP contribution in [0.3, 0.4) is 0 Å². The molecule has 256 valence electrons. The lowest BCUT2D eigenvalue weighted by molar-refractivity contribution is -0.192. The first-order chi connectivity index (χ1) is 21.7. The number of carboxylic acids is 2. The van der Waals surface area contributed by atoms with E-state index < -0.39 is 65.7 Å². The maximum Gasteiger partial charge on any atom is 0.490 e. The molecule has 47 heavy (non-hydrogen) atoms. The Bertz CT molecular complexity index is 1560. The van der Waals surface area contributed by atoms with Crippen molar-refractivity contribution in [3.8, 4) is 11.3 Å². The summed E-state index contributed by atoms with van der Waals surface area (Å²) >= 11 is 0. The highest BCUT2D eigenvalue weighted by Crippen LogP contribution is 2.39. The number of alkyl halides is 3. The number of nitrogens with two attached hydrogens (primary N) is 1. The van der Waals surface area contributed by atoms with Gasteiger partial charge in [0.25, 0.3) is 5.91 Å². The van der Waals surface area contributed by atoms with Gasteiger partial charge in [0, 0.05) is 31.8 Å². The number of hydrogen-bond acceptors (Lipinski definition) is 7. The molecule has 1 aromatic heterocycles. The van der Waals surface area contributed by atoms with Crippen molar-refractivity contribution in [1.29, 1.82) is 0 Å². The van der Waals surface area contributed by atoms with E-state index in [2.05, 4.69) is 0 Å². The van der Waals surface area contributed by atoms with Gasteiger partial charge in [0.05, 0.1) is 11.7 Å². The number of esters is 1. The summed E-state index contributed by atoms with van der Waals surface area (Å²) in [6.07, 6.45) is -3.57. The number of carbonyl (C=O) groups excluding carboxylic acids is 2. The summed E-state index contributed by atoms with van der Waals surface area (Å²) in [4.78, 5) is 51.3. The molecule has 4 N–H and O–H groups in total. The molecular weight excluding hydrogens is 635 g/mol. The Morgan fingerprint density at radius 3 is 2.13 bits per heavy atom. The highest BCUT2D eigenvalue weighted by molar-refractivity contribution is 5.81. The smallest absolute Gasteiger partial charge is 0.480 e. The summed E-state index contributed by atoms with van der Waals surface area (Å²) in [5.41, 5.74) is 6.06. The zero-order valence-electron chi connectivity index (χ0n) is 25.9. The molecule has 0 saturated heterocycles. The van der Waals surface area contributed by atoms with Gasteiger partial charge in [-0.05, 0) is 35.6 Å². The van der Waals surface area contributed by atoms with E-state index in [0.29, 0.717) is 12.4 Å². The molecule has 11 nitrogen and oxygen atoms in total. The van der Waals surface area contributed by atoms with Crippen molar-refractivity contribution >= 4 is 23.8 Å². The summed E-state index contributed by atoms with van der Waals surface area (Å²) in [5.74, 6) is -6.17. The monoisotopic (exact) mass is 670 g/mol. The molecule has 2 aromatic carbocycles. The molecule has 0 saturated carbocycles. The van der Waals surface area contributed by atoms with Crippen molar-refractivity contribution in [2.75, 3.05) is 13.2 Å². The van der Waals surface area contributed by atoms with E-state index in [1.54, 1.807) is 10.8 Å². The molecule has 0 aliphatic rings. The maximum atomic E-state index is 14.8. The van der Waals surface area contributed by atoms with Crippen LogP contribution in [0.4, 0.5) is 22.0 Å². The maximum absolute atomic E-state index is 14.8. The third-order valence-corrected chi connectivity index (χ3v) is 6.54. The van der Waals surface area contributed by atoms with Gasteiger partial charge in [0.15, 0.2) is 6.61 Å². The van der Waals surface area contributed by atoms with Crippen LogP contribution in [0.5, 0.6) is 0 Å². The Morgan fingerprint density at radius 2 is 1.62 bits per heavy atom. The lowest BCUT2D eigenvalue weighted by Gasteiger charge is -2.40. The Balaban J connectivity index is 0.000000984. The number of ether oxygens (including phenoxy) is 1. The zero-order chi connectivity index (χ0) is 35.7. The lowest BCUT2D eigenvalue weighted by Crippen LogP contribution is -2.46. The normalized spacial score (nSPS) is 12.7. The number of carboxylic acid groups (broad SMARTS) is 2. The predicted molar refractivity (Wildman–Crippen MR) is 158 cm³/mol. The summed E-state index contributed by atoms with van der Waals surface area (Å²) in [6.45, 7) is 6.41. The van der Waals surface area contributed by atoms with Gasteiger partial charge in [-0.2, -0.15) is 13.2 Å². The lowest BCUT2D eigenvalue weighted by atomic mass is 9.84. The molecule has 2 atom stereocenters. The predicted octanol–water partition coefficient (Wildman–Crippen LogP) is 4.79. The van der Waals surface area contributed by atoms with Crippen molar-refractivity contribution in [3.05, 3.63) is 77.8 Å². The van der Waals surface area contributed by atoms with Crippen LogP contribution < -0.4 is 5.73 Å². The van der Waals surface area contributed by atoms with E-state index in [1.807, 2.05) is 51.1 Å². The molecule has 3 rings (SSSR count). The topological polar surface area (TPSA) is 165 Å². The first-order valence-electron chi connectivity index (χ1n) is 14.0. The number of nitrogens with zero attached hydrogens (tertiary/aromatic N) is 3. The molecule has 0 aliphatic heterocycles. The van der Waals surface area contributed by atoms with Gasteiger partial charge in [0.2, 0.25) is 0 Å². The average molecular weight is 671 g/mol. The number of carbonyl (C=O) groups is 4. The van der Waals surface area contributed by atoms with Gasteiger partial charge in [-0.3, -0.25) is 14.4 Å². The molecule has 3 aromatic rings. The second kappa shape index (κ2) is 16.1. The molecule has 0 radical (unpaired) electrons. The Morgan fingerprint density at radius 1 is 1.02 bits per heavy atom. The molecule has 0 fully saturated rings. The van der Waals surface area contributed by atoms with Gasteiger partial charge in [-0.1, -0.05) is 51.1 Å². The Kier molecular flexibility index (Phi) is 13.1.